The van der Waals surface area contributed by atoms with Crippen LogP contribution in [0.2, 0.25) is 0 Å². The number of hydrogen-bond donors (Lipinski definition) is 2. The molecule has 106 valence electrons. The summed E-state index contributed by atoms with van der Waals surface area (Å²) in [5.74, 6) is -0.482. The molecule has 19 heavy (non-hydrogen) atoms. The molecule has 2 fully saturated rings. The Labute approximate surface area is 111 Å². The summed E-state index contributed by atoms with van der Waals surface area (Å²) in [7, 11) is 0. The minimum absolute atomic E-state index is 0.160. The van der Waals surface area contributed by atoms with Crippen LogP contribution in [0.1, 0.15) is 26.2 Å². The van der Waals surface area contributed by atoms with Crippen molar-refractivity contribution in [2.45, 2.75) is 38.3 Å². The summed E-state index contributed by atoms with van der Waals surface area (Å²) in [4.78, 5) is 35.7. The van der Waals surface area contributed by atoms with E-state index in [1.54, 1.807) is 11.8 Å². The van der Waals surface area contributed by atoms with E-state index in [0.29, 0.717) is 19.7 Å². The zero-order valence-electron chi connectivity index (χ0n) is 11.0. The topological polar surface area (TPSA) is 87.7 Å². The normalized spacial score (nSPS) is 24.5. The van der Waals surface area contributed by atoms with Crippen molar-refractivity contribution in [3.05, 3.63) is 0 Å². The number of hydrogen-bond acceptors (Lipinski definition) is 5. The molecule has 2 aliphatic heterocycles. The third-order valence-corrected chi connectivity index (χ3v) is 3.43. The lowest BCUT2D eigenvalue weighted by Gasteiger charge is -2.32. The molecule has 2 N–H and O–H groups in total. The van der Waals surface area contributed by atoms with Gasteiger partial charge in [-0.25, -0.2) is 4.79 Å². The fourth-order valence-corrected chi connectivity index (χ4v) is 2.42. The van der Waals surface area contributed by atoms with Crippen molar-refractivity contribution >= 4 is 17.9 Å². The van der Waals surface area contributed by atoms with E-state index in [-0.39, 0.29) is 30.4 Å². The first-order valence-electron chi connectivity index (χ1n) is 6.61. The minimum Gasteiger partial charge on any atom is -0.450 e. The van der Waals surface area contributed by atoms with Crippen LogP contribution in [0.15, 0.2) is 0 Å². The van der Waals surface area contributed by atoms with Crippen LogP contribution < -0.4 is 10.6 Å². The van der Waals surface area contributed by atoms with Crippen molar-refractivity contribution in [3.8, 4) is 0 Å². The van der Waals surface area contributed by atoms with E-state index in [4.69, 9.17) is 4.74 Å². The van der Waals surface area contributed by atoms with Crippen LogP contribution in [-0.2, 0) is 14.3 Å². The number of amides is 3. The molecule has 0 aliphatic carbocycles. The highest BCUT2D eigenvalue weighted by molar-refractivity contribution is 6.05. The van der Waals surface area contributed by atoms with E-state index in [1.807, 2.05) is 0 Å². The third kappa shape index (κ3) is 3.44. The van der Waals surface area contributed by atoms with Gasteiger partial charge in [-0.15, -0.1) is 0 Å². The molecule has 0 aromatic carbocycles. The van der Waals surface area contributed by atoms with E-state index < -0.39 is 6.04 Å². The SMILES string of the molecule is CCOC(=O)N1CCC(NC2CC(=O)NC2=O)CC1. The number of carbonyl (C=O) groups excluding carboxylic acids is 3. The maximum absolute atomic E-state index is 11.5. The van der Waals surface area contributed by atoms with Gasteiger partial charge in [-0.1, -0.05) is 0 Å². The second-order valence-electron chi connectivity index (χ2n) is 4.80. The fourth-order valence-electron chi connectivity index (χ4n) is 2.42. The van der Waals surface area contributed by atoms with Crippen molar-refractivity contribution in [3.63, 3.8) is 0 Å². The average molecular weight is 269 g/mol. The molecule has 7 heteroatoms. The standard InChI is InChI=1S/C12H19N3O4/c1-2-19-12(18)15-5-3-8(4-6-15)13-9-7-10(16)14-11(9)17/h8-9,13H,2-7H2,1H3,(H,14,16,17). The zero-order chi connectivity index (χ0) is 13.8. The lowest BCUT2D eigenvalue weighted by atomic mass is 10.0. The predicted octanol–water partition coefficient (Wildman–Crippen LogP) is -0.388. The Morgan fingerprint density at radius 1 is 1.42 bits per heavy atom. The van der Waals surface area contributed by atoms with Crippen LogP contribution in [0.25, 0.3) is 0 Å². The van der Waals surface area contributed by atoms with Gasteiger partial charge in [0.2, 0.25) is 11.8 Å². The molecule has 0 spiro atoms. The summed E-state index contributed by atoms with van der Waals surface area (Å²) < 4.78 is 4.94. The molecule has 2 rings (SSSR count). The van der Waals surface area contributed by atoms with Gasteiger partial charge in [0.25, 0.3) is 0 Å². The first-order chi connectivity index (χ1) is 9.10. The number of nitrogens with one attached hydrogen (secondary N) is 2. The molecule has 1 atom stereocenters. The Morgan fingerprint density at radius 3 is 2.63 bits per heavy atom. The zero-order valence-corrected chi connectivity index (χ0v) is 11.0. The van der Waals surface area contributed by atoms with Crippen LogP contribution in [0.4, 0.5) is 4.79 Å². The van der Waals surface area contributed by atoms with Crippen molar-refractivity contribution < 1.29 is 19.1 Å². The highest BCUT2D eigenvalue weighted by Crippen LogP contribution is 2.14. The molecule has 0 aromatic heterocycles. The Balaban J connectivity index is 1.76. The molecule has 2 aliphatic rings. The monoisotopic (exact) mass is 269 g/mol. The molecule has 0 aromatic rings. The quantitative estimate of drug-likeness (QED) is 0.681. The van der Waals surface area contributed by atoms with E-state index in [1.165, 1.54) is 0 Å². The highest BCUT2D eigenvalue weighted by Gasteiger charge is 2.33. The average Bonchev–Trinajstić information content (AvgIpc) is 2.69. The summed E-state index contributed by atoms with van der Waals surface area (Å²) >= 11 is 0. The molecule has 3 amide bonds. The van der Waals surface area contributed by atoms with E-state index in [0.717, 1.165) is 12.8 Å². The largest absolute Gasteiger partial charge is 0.450 e. The Bertz CT molecular complexity index is 377. The molecule has 0 saturated carbocycles. The number of rotatable bonds is 3. The van der Waals surface area contributed by atoms with Crippen LogP contribution in [0.3, 0.4) is 0 Å². The van der Waals surface area contributed by atoms with Crippen molar-refractivity contribution in [1.29, 1.82) is 0 Å². The van der Waals surface area contributed by atoms with Crippen LogP contribution in [0, 0.1) is 0 Å². The Hall–Kier alpha value is -1.63. The Morgan fingerprint density at radius 2 is 2.11 bits per heavy atom. The van der Waals surface area contributed by atoms with Gasteiger partial charge in [-0.05, 0) is 19.8 Å². The molecular formula is C12H19N3O4. The van der Waals surface area contributed by atoms with Gasteiger partial charge in [0.1, 0.15) is 0 Å². The van der Waals surface area contributed by atoms with Crippen LogP contribution >= 0.6 is 0 Å². The summed E-state index contributed by atoms with van der Waals surface area (Å²) in [6.45, 7) is 3.38. The van der Waals surface area contributed by atoms with E-state index in [2.05, 4.69) is 10.6 Å². The fraction of sp³-hybridized carbons (Fsp3) is 0.750. The second kappa shape index (κ2) is 6.01. The van der Waals surface area contributed by atoms with Crippen molar-refractivity contribution in [1.82, 2.24) is 15.5 Å². The second-order valence-corrected chi connectivity index (χ2v) is 4.80. The van der Waals surface area contributed by atoms with E-state index >= 15 is 0 Å². The lowest BCUT2D eigenvalue weighted by molar-refractivity contribution is -0.125. The predicted molar refractivity (Wildman–Crippen MR) is 66.3 cm³/mol. The van der Waals surface area contributed by atoms with Gasteiger partial charge in [0.15, 0.2) is 0 Å². The van der Waals surface area contributed by atoms with Gasteiger partial charge in [-0.3, -0.25) is 14.9 Å². The van der Waals surface area contributed by atoms with E-state index in [9.17, 15) is 14.4 Å². The van der Waals surface area contributed by atoms with Gasteiger partial charge in [-0.2, -0.15) is 0 Å². The number of nitrogens with zero attached hydrogens (tertiary/aromatic N) is 1. The molecule has 2 heterocycles. The number of ether oxygens (including phenoxy) is 1. The van der Waals surface area contributed by atoms with Gasteiger partial charge < -0.3 is 15.0 Å². The molecule has 0 bridgehead atoms. The molecular weight excluding hydrogens is 250 g/mol. The maximum Gasteiger partial charge on any atom is 0.409 e. The lowest BCUT2D eigenvalue weighted by Crippen LogP contribution is -2.49. The minimum atomic E-state index is -0.424. The molecule has 2 saturated heterocycles. The Kier molecular flexibility index (Phi) is 4.36. The molecule has 7 nitrogen and oxygen atoms in total. The van der Waals surface area contributed by atoms with Gasteiger partial charge in [0.05, 0.1) is 19.1 Å². The first-order valence-corrected chi connectivity index (χ1v) is 6.61. The smallest absolute Gasteiger partial charge is 0.409 e. The summed E-state index contributed by atoms with van der Waals surface area (Å²) in [5, 5.41) is 5.45. The summed E-state index contributed by atoms with van der Waals surface area (Å²) in [6.07, 6.45) is 1.44. The van der Waals surface area contributed by atoms with Gasteiger partial charge >= 0.3 is 6.09 Å². The van der Waals surface area contributed by atoms with Crippen molar-refractivity contribution in [2.24, 2.45) is 0 Å². The van der Waals surface area contributed by atoms with Crippen LogP contribution in [-0.4, -0.2) is 54.6 Å². The number of piperidine rings is 1. The van der Waals surface area contributed by atoms with Crippen LogP contribution in [0.5, 0.6) is 0 Å². The number of carbonyl (C=O) groups is 3. The first kappa shape index (κ1) is 13.8. The molecule has 0 radical (unpaired) electrons. The van der Waals surface area contributed by atoms with Gasteiger partial charge in [0, 0.05) is 19.1 Å². The van der Waals surface area contributed by atoms with Crippen molar-refractivity contribution in [2.75, 3.05) is 19.7 Å². The maximum atomic E-state index is 11.5. The molecule has 1 unspecified atom stereocenters. The number of likely N-dealkylation sites (tertiary alicyclic amines) is 1. The third-order valence-electron chi connectivity index (χ3n) is 3.43. The highest BCUT2D eigenvalue weighted by atomic mass is 16.6. The summed E-state index contributed by atoms with van der Waals surface area (Å²) in [6, 6.07) is -0.265. The summed E-state index contributed by atoms with van der Waals surface area (Å²) in [5.41, 5.74) is 0. The number of imide groups is 1.